The second-order valence-electron chi connectivity index (χ2n) is 8.78. The number of sulfone groups is 1. The first-order chi connectivity index (χ1) is 15.7. The summed E-state index contributed by atoms with van der Waals surface area (Å²) < 4.78 is 24.5. The van der Waals surface area contributed by atoms with E-state index in [0.29, 0.717) is 28.9 Å². The van der Waals surface area contributed by atoms with E-state index in [1.54, 1.807) is 16.7 Å². The largest absolute Gasteiger partial charge is 0.507 e. The van der Waals surface area contributed by atoms with Gasteiger partial charge in [-0.3, -0.25) is 9.89 Å². The van der Waals surface area contributed by atoms with E-state index in [-0.39, 0.29) is 23.2 Å². The first-order valence-electron chi connectivity index (χ1n) is 10.8. The summed E-state index contributed by atoms with van der Waals surface area (Å²) >= 11 is 1.63. The Hall–Kier alpha value is -2.78. The molecule has 3 aromatic rings. The second kappa shape index (κ2) is 7.92. The monoisotopic (exact) mass is 483 g/mol. The zero-order chi connectivity index (χ0) is 23.5. The number of phenolic OH excluding ortho intramolecular Hbond substituents is 1. The van der Waals surface area contributed by atoms with Crippen molar-refractivity contribution in [2.24, 2.45) is 0 Å². The van der Waals surface area contributed by atoms with Gasteiger partial charge in [0.05, 0.1) is 17.5 Å². The summed E-state index contributed by atoms with van der Waals surface area (Å²) in [6.07, 6.45) is 2.41. The molecule has 5 rings (SSSR count). The number of nitrogens with zero attached hydrogens (tertiary/aromatic N) is 2. The number of benzene rings is 2. The molecule has 3 heterocycles. The summed E-state index contributed by atoms with van der Waals surface area (Å²) in [4.78, 5) is 16.4. The van der Waals surface area contributed by atoms with Crippen molar-refractivity contribution in [1.82, 2.24) is 15.1 Å². The molecule has 2 unspecified atom stereocenters. The average Bonchev–Trinajstić information content (AvgIpc) is 3.44. The highest BCUT2D eigenvalue weighted by Gasteiger charge is 2.48. The summed E-state index contributed by atoms with van der Waals surface area (Å²) in [5.41, 5.74) is 4.70. The summed E-state index contributed by atoms with van der Waals surface area (Å²) in [5, 5.41) is 18.2. The number of aromatic amines is 1. The first-order valence-corrected chi connectivity index (χ1v) is 13.8. The van der Waals surface area contributed by atoms with Gasteiger partial charge in [-0.15, -0.1) is 11.8 Å². The van der Waals surface area contributed by atoms with Crippen molar-refractivity contribution in [2.75, 3.05) is 17.8 Å². The lowest BCUT2D eigenvalue weighted by Crippen LogP contribution is -2.40. The van der Waals surface area contributed by atoms with Crippen LogP contribution in [0.1, 0.15) is 45.2 Å². The standard InChI is InChI=1S/C24H25N3O4S2/c1-13-10-14(2)23(28)18(11-13)20-19-21(26-25-20)24(29)27(16-8-9-33(30,31)12-16)22(19)15-4-6-17(32-3)7-5-15/h4-7,10-11,16,22,28H,8-9,12H2,1-3H3,(H,25,26). The number of fused-ring (bicyclic) bond motifs is 1. The molecule has 1 amide bonds. The number of aromatic hydroxyl groups is 1. The topological polar surface area (TPSA) is 103 Å². The number of nitrogens with one attached hydrogen (secondary N) is 1. The van der Waals surface area contributed by atoms with Crippen LogP contribution in [0, 0.1) is 13.8 Å². The predicted molar refractivity (Wildman–Crippen MR) is 128 cm³/mol. The molecule has 0 bridgehead atoms. The number of rotatable bonds is 4. The van der Waals surface area contributed by atoms with Crippen LogP contribution in [0.25, 0.3) is 11.3 Å². The van der Waals surface area contributed by atoms with E-state index in [4.69, 9.17) is 0 Å². The Morgan fingerprint density at radius 3 is 2.55 bits per heavy atom. The Bertz CT molecular complexity index is 1360. The number of aromatic nitrogens is 2. The third-order valence-corrected chi connectivity index (χ3v) is 9.03. The summed E-state index contributed by atoms with van der Waals surface area (Å²) in [7, 11) is -3.19. The van der Waals surface area contributed by atoms with Gasteiger partial charge in [0, 0.05) is 22.1 Å². The van der Waals surface area contributed by atoms with Crippen molar-refractivity contribution in [2.45, 2.75) is 37.2 Å². The van der Waals surface area contributed by atoms with E-state index in [2.05, 4.69) is 10.2 Å². The number of hydrogen-bond acceptors (Lipinski definition) is 6. The third kappa shape index (κ3) is 3.63. The molecule has 2 aromatic carbocycles. The molecule has 0 radical (unpaired) electrons. The molecule has 2 aliphatic heterocycles. The lowest BCUT2D eigenvalue weighted by Gasteiger charge is -2.31. The van der Waals surface area contributed by atoms with E-state index in [9.17, 15) is 18.3 Å². The van der Waals surface area contributed by atoms with Crippen LogP contribution in [0.2, 0.25) is 0 Å². The van der Waals surface area contributed by atoms with Crippen molar-refractivity contribution in [3.8, 4) is 17.0 Å². The lowest BCUT2D eigenvalue weighted by molar-refractivity contribution is 0.0677. The number of phenols is 1. The van der Waals surface area contributed by atoms with Gasteiger partial charge >= 0.3 is 0 Å². The van der Waals surface area contributed by atoms with Gasteiger partial charge in [0.15, 0.2) is 9.84 Å². The van der Waals surface area contributed by atoms with Gasteiger partial charge in [0.25, 0.3) is 5.91 Å². The Morgan fingerprint density at radius 2 is 1.91 bits per heavy atom. The number of hydrogen-bond donors (Lipinski definition) is 2. The second-order valence-corrected chi connectivity index (χ2v) is 11.9. The molecule has 9 heteroatoms. The van der Waals surface area contributed by atoms with Crippen LogP contribution >= 0.6 is 11.8 Å². The van der Waals surface area contributed by atoms with Crippen LogP contribution in [0.4, 0.5) is 0 Å². The molecular weight excluding hydrogens is 458 g/mol. The highest BCUT2D eigenvalue weighted by molar-refractivity contribution is 7.98. The highest BCUT2D eigenvalue weighted by atomic mass is 32.2. The maximum atomic E-state index is 13.6. The SMILES string of the molecule is CSc1ccc(C2c3c(-c4cc(C)cc(C)c4O)n[nH]c3C(=O)N2C2CCS(=O)(=O)C2)cc1. The van der Waals surface area contributed by atoms with Gasteiger partial charge in [-0.05, 0) is 61.4 Å². The van der Waals surface area contributed by atoms with Gasteiger partial charge in [0.2, 0.25) is 0 Å². The first kappa shape index (κ1) is 22.0. The third-order valence-electron chi connectivity index (χ3n) is 6.54. The number of aryl methyl sites for hydroxylation is 2. The average molecular weight is 484 g/mol. The fourth-order valence-corrected chi connectivity index (χ4v) is 7.12. The van der Waals surface area contributed by atoms with Gasteiger partial charge < -0.3 is 10.0 Å². The minimum atomic E-state index is -3.19. The summed E-state index contributed by atoms with van der Waals surface area (Å²) in [6, 6.07) is 10.8. The van der Waals surface area contributed by atoms with Gasteiger partial charge in [0.1, 0.15) is 17.1 Å². The van der Waals surface area contributed by atoms with Crippen LogP contribution in [-0.2, 0) is 9.84 Å². The minimum Gasteiger partial charge on any atom is -0.507 e. The lowest BCUT2D eigenvalue weighted by atomic mass is 9.93. The highest BCUT2D eigenvalue weighted by Crippen LogP contribution is 2.47. The van der Waals surface area contributed by atoms with E-state index >= 15 is 0 Å². The molecule has 0 aliphatic carbocycles. The van der Waals surface area contributed by atoms with Crippen LogP contribution in [-0.4, -0.2) is 58.3 Å². The number of carbonyl (C=O) groups is 1. The maximum Gasteiger partial charge on any atom is 0.273 e. The molecular formula is C24H25N3O4S2. The maximum absolute atomic E-state index is 13.6. The van der Waals surface area contributed by atoms with E-state index in [1.807, 2.05) is 56.5 Å². The predicted octanol–water partition coefficient (Wildman–Crippen LogP) is 3.85. The number of carbonyl (C=O) groups excluding carboxylic acids is 1. The molecule has 1 saturated heterocycles. The molecule has 2 atom stereocenters. The molecule has 1 fully saturated rings. The van der Waals surface area contributed by atoms with Crippen LogP contribution in [0.3, 0.4) is 0 Å². The van der Waals surface area contributed by atoms with Crippen LogP contribution in [0.5, 0.6) is 5.75 Å². The molecule has 172 valence electrons. The van der Waals surface area contributed by atoms with Crippen LogP contribution < -0.4 is 0 Å². The van der Waals surface area contributed by atoms with Gasteiger partial charge in [-0.2, -0.15) is 5.10 Å². The molecule has 2 N–H and O–H groups in total. The number of thioether (sulfide) groups is 1. The van der Waals surface area contributed by atoms with Crippen molar-refractivity contribution in [1.29, 1.82) is 0 Å². The minimum absolute atomic E-state index is 0.0417. The Labute approximate surface area is 197 Å². The summed E-state index contributed by atoms with van der Waals surface area (Å²) in [6.45, 7) is 3.78. The Morgan fingerprint density at radius 1 is 1.18 bits per heavy atom. The zero-order valence-electron chi connectivity index (χ0n) is 18.6. The van der Waals surface area contributed by atoms with E-state index in [1.165, 1.54) is 0 Å². The smallest absolute Gasteiger partial charge is 0.273 e. The molecule has 33 heavy (non-hydrogen) atoms. The van der Waals surface area contributed by atoms with E-state index in [0.717, 1.165) is 21.6 Å². The molecule has 0 spiro atoms. The van der Waals surface area contributed by atoms with Gasteiger partial charge in [-0.25, -0.2) is 8.42 Å². The molecule has 0 saturated carbocycles. The van der Waals surface area contributed by atoms with E-state index < -0.39 is 21.9 Å². The number of H-pyrrole nitrogens is 1. The fraction of sp³-hybridized carbons (Fsp3) is 0.333. The summed E-state index contributed by atoms with van der Waals surface area (Å²) in [5.74, 6) is -0.0920. The van der Waals surface area contributed by atoms with Crippen molar-refractivity contribution >= 4 is 27.5 Å². The normalized spacial score (nSPS) is 21.5. The van der Waals surface area contributed by atoms with Crippen molar-refractivity contribution < 1.29 is 18.3 Å². The quantitative estimate of drug-likeness (QED) is 0.547. The Kier molecular flexibility index (Phi) is 5.29. The van der Waals surface area contributed by atoms with Crippen molar-refractivity contribution in [3.05, 3.63) is 64.3 Å². The number of amides is 1. The molecule has 7 nitrogen and oxygen atoms in total. The van der Waals surface area contributed by atoms with Gasteiger partial charge in [-0.1, -0.05) is 18.2 Å². The molecule has 2 aliphatic rings. The zero-order valence-corrected chi connectivity index (χ0v) is 20.3. The fourth-order valence-electron chi connectivity index (χ4n) is 5.00. The van der Waals surface area contributed by atoms with Crippen LogP contribution in [0.15, 0.2) is 41.3 Å². The molecule has 1 aromatic heterocycles. The Balaban J connectivity index is 1.70. The van der Waals surface area contributed by atoms with Crippen molar-refractivity contribution in [3.63, 3.8) is 0 Å².